The first-order chi connectivity index (χ1) is 9.38. The van der Waals surface area contributed by atoms with E-state index in [-0.39, 0.29) is 0 Å². The summed E-state index contributed by atoms with van der Waals surface area (Å²) in [5.41, 5.74) is 8.25. The fraction of sp³-hybridized carbons (Fsp3) is 0.667. The number of piperazine rings is 1. The number of hydrogen-bond acceptors (Lipinski definition) is 4. The Hall–Kier alpha value is -1.13. The number of rotatable bonds is 3. The third-order valence-corrected chi connectivity index (χ3v) is 4.59. The molecule has 2 N–H and O–H groups in total. The van der Waals surface area contributed by atoms with E-state index in [1.165, 1.54) is 44.5 Å². The molecule has 0 amide bonds. The van der Waals surface area contributed by atoms with E-state index in [0.717, 1.165) is 24.7 Å². The molecule has 2 fully saturated rings. The molecule has 0 aromatic carbocycles. The summed E-state index contributed by atoms with van der Waals surface area (Å²) in [6, 6.07) is 2.96. The van der Waals surface area contributed by atoms with Crippen LogP contribution >= 0.6 is 0 Å². The van der Waals surface area contributed by atoms with Gasteiger partial charge in [-0.25, -0.2) is 0 Å². The van der Waals surface area contributed by atoms with Crippen molar-refractivity contribution in [3.63, 3.8) is 0 Å². The van der Waals surface area contributed by atoms with Crippen LogP contribution in [0.1, 0.15) is 31.2 Å². The number of nitrogens with zero attached hydrogens (tertiary/aromatic N) is 3. The highest BCUT2D eigenvalue weighted by molar-refractivity contribution is 5.52. The maximum Gasteiger partial charge on any atom is 0.0443 e. The first kappa shape index (κ1) is 12.9. The molecule has 1 saturated heterocycles. The second kappa shape index (κ2) is 5.88. The summed E-state index contributed by atoms with van der Waals surface area (Å²) in [5, 5.41) is 0. The standard InChI is InChI=1S/C15H24N4/c16-11-13-12-17-6-5-15(13)19-9-7-18(8-10-19)14-3-1-2-4-14/h5-6,12,14H,1-4,7-11,16H2. The van der Waals surface area contributed by atoms with E-state index >= 15 is 0 Å². The topological polar surface area (TPSA) is 45.4 Å². The summed E-state index contributed by atoms with van der Waals surface area (Å²) < 4.78 is 0. The largest absolute Gasteiger partial charge is 0.369 e. The summed E-state index contributed by atoms with van der Waals surface area (Å²) in [6.07, 6.45) is 9.43. The number of aromatic nitrogens is 1. The van der Waals surface area contributed by atoms with Gasteiger partial charge in [0.25, 0.3) is 0 Å². The van der Waals surface area contributed by atoms with Crippen LogP contribution in [0, 0.1) is 0 Å². The Morgan fingerprint density at radius 2 is 1.89 bits per heavy atom. The van der Waals surface area contributed by atoms with Gasteiger partial charge < -0.3 is 10.6 Å². The molecule has 1 saturated carbocycles. The van der Waals surface area contributed by atoms with Gasteiger partial charge in [-0.2, -0.15) is 0 Å². The average Bonchev–Trinajstić information content (AvgIpc) is 3.02. The second-order valence-electron chi connectivity index (χ2n) is 5.67. The minimum atomic E-state index is 0.575. The summed E-state index contributed by atoms with van der Waals surface area (Å²) in [5.74, 6) is 0. The van der Waals surface area contributed by atoms with Crippen molar-refractivity contribution in [3.8, 4) is 0 Å². The molecular formula is C15H24N4. The minimum absolute atomic E-state index is 0.575. The average molecular weight is 260 g/mol. The van der Waals surface area contributed by atoms with Crippen LogP contribution in [0.15, 0.2) is 18.5 Å². The molecular weight excluding hydrogens is 236 g/mol. The van der Waals surface area contributed by atoms with Gasteiger partial charge in [-0.3, -0.25) is 9.88 Å². The Morgan fingerprint density at radius 3 is 2.58 bits per heavy atom. The van der Waals surface area contributed by atoms with Gasteiger partial charge in [-0.1, -0.05) is 12.8 Å². The van der Waals surface area contributed by atoms with Crippen LogP contribution in [0.3, 0.4) is 0 Å². The van der Waals surface area contributed by atoms with E-state index in [9.17, 15) is 0 Å². The van der Waals surface area contributed by atoms with Crippen molar-refractivity contribution >= 4 is 5.69 Å². The van der Waals surface area contributed by atoms with E-state index in [4.69, 9.17) is 5.73 Å². The monoisotopic (exact) mass is 260 g/mol. The Labute approximate surface area is 115 Å². The van der Waals surface area contributed by atoms with Gasteiger partial charge in [-0.15, -0.1) is 0 Å². The molecule has 19 heavy (non-hydrogen) atoms. The van der Waals surface area contributed by atoms with E-state index in [0.29, 0.717) is 6.54 Å². The molecule has 4 nitrogen and oxygen atoms in total. The third-order valence-electron chi connectivity index (χ3n) is 4.59. The Morgan fingerprint density at radius 1 is 1.16 bits per heavy atom. The highest BCUT2D eigenvalue weighted by Gasteiger charge is 2.26. The van der Waals surface area contributed by atoms with Gasteiger partial charge in [0, 0.05) is 62.4 Å². The quantitative estimate of drug-likeness (QED) is 0.897. The molecule has 0 spiro atoms. The second-order valence-corrected chi connectivity index (χ2v) is 5.67. The number of pyridine rings is 1. The van der Waals surface area contributed by atoms with Crippen molar-refractivity contribution in [3.05, 3.63) is 24.0 Å². The van der Waals surface area contributed by atoms with Crippen LogP contribution < -0.4 is 10.6 Å². The molecule has 1 aromatic rings. The summed E-state index contributed by atoms with van der Waals surface area (Å²) >= 11 is 0. The molecule has 0 radical (unpaired) electrons. The Bertz CT molecular complexity index is 406. The number of hydrogen-bond donors (Lipinski definition) is 1. The summed E-state index contributed by atoms with van der Waals surface area (Å²) in [6.45, 7) is 5.20. The van der Waals surface area contributed by atoms with Crippen molar-refractivity contribution in [1.82, 2.24) is 9.88 Å². The van der Waals surface area contributed by atoms with E-state index in [2.05, 4.69) is 20.9 Å². The van der Waals surface area contributed by atoms with E-state index in [1.54, 1.807) is 0 Å². The molecule has 0 bridgehead atoms. The molecule has 104 valence electrons. The Balaban J connectivity index is 1.63. The third kappa shape index (κ3) is 2.74. The molecule has 2 aliphatic rings. The molecule has 3 rings (SSSR count). The van der Waals surface area contributed by atoms with Crippen molar-refractivity contribution < 1.29 is 0 Å². The summed E-state index contributed by atoms with van der Waals surface area (Å²) in [7, 11) is 0. The normalized spacial score (nSPS) is 22.1. The van der Waals surface area contributed by atoms with Crippen LogP contribution in [-0.2, 0) is 6.54 Å². The fourth-order valence-corrected chi connectivity index (χ4v) is 3.48. The lowest BCUT2D eigenvalue weighted by atomic mass is 10.1. The zero-order chi connectivity index (χ0) is 13.1. The van der Waals surface area contributed by atoms with Crippen molar-refractivity contribution in [2.75, 3.05) is 31.1 Å². The maximum atomic E-state index is 5.81. The molecule has 1 aliphatic carbocycles. The lowest BCUT2D eigenvalue weighted by Crippen LogP contribution is -2.50. The van der Waals surface area contributed by atoms with Gasteiger partial charge in [0.1, 0.15) is 0 Å². The van der Waals surface area contributed by atoms with Crippen LogP contribution in [-0.4, -0.2) is 42.1 Å². The fourth-order valence-electron chi connectivity index (χ4n) is 3.48. The van der Waals surface area contributed by atoms with Gasteiger partial charge in [-0.05, 0) is 18.9 Å². The first-order valence-corrected chi connectivity index (χ1v) is 7.50. The Kier molecular flexibility index (Phi) is 3.99. The molecule has 0 unspecified atom stereocenters. The molecule has 1 aliphatic heterocycles. The predicted molar refractivity (Wildman–Crippen MR) is 78.2 cm³/mol. The van der Waals surface area contributed by atoms with Crippen LogP contribution in [0.4, 0.5) is 5.69 Å². The molecule has 0 atom stereocenters. The maximum absolute atomic E-state index is 5.81. The van der Waals surface area contributed by atoms with E-state index < -0.39 is 0 Å². The molecule has 2 heterocycles. The summed E-state index contributed by atoms with van der Waals surface area (Å²) in [4.78, 5) is 9.33. The van der Waals surface area contributed by atoms with Gasteiger partial charge in [0.2, 0.25) is 0 Å². The van der Waals surface area contributed by atoms with Crippen molar-refractivity contribution in [2.45, 2.75) is 38.3 Å². The van der Waals surface area contributed by atoms with Gasteiger partial charge in [0.05, 0.1) is 0 Å². The molecule has 4 heteroatoms. The number of anilines is 1. The van der Waals surface area contributed by atoms with Crippen molar-refractivity contribution in [2.24, 2.45) is 5.73 Å². The van der Waals surface area contributed by atoms with Crippen molar-refractivity contribution in [1.29, 1.82) is 0 Å². The van der Waals surface area contributed by atoms with Gasteiger partial charge in [0.15, 0.2) is 0 Å². The zero-order valence-electron chi connectivity index (χ0n) is 11.6. The lowest BCUT2D eigenvalue weighted by Gasteiger charge is -2.39. The van der Waals surface area contributed by atoms with Crippen LogP contribution in [0.2, 0.25) is 0 Å². The highest BCUT2D eigenvalue weighted by Crippen LogP contribution is 2.26. The SMILES string of the molecule is NCc1cnccc1N1CCN(C2CCCC2)CC1. The van der Waals surface area contributed by atoms with Gasteiger partial charge >= 0.3 is 0 Å². The highest BCUT2D eigenvalue weighted by atomic mass is 15.3. The zero-order valence-corrected chi connectivity index (χ0v) is 11.6. The van der Waals surface area contributed by atoms with Crippen LogP contribution in [0.25, 0.3) is 0 Å². The molecule has 1 aromatic heterocycles. The first-order valence-electron chi connectivity index (χ1n) is 7.50. The predicted octanol–water partition coefficient (Wildman–Crippen LogP) is 1.60. The minimum Gasteiger partial charge on any atom is -0.369 e. The van der Waals surface area contributed by atoms with Crippen LogP contribution in [0.5, 0.6) is 0 Å². The smallest absolute Gasteiger partial charge is 0.0443 e. The van der Waals surface area contributed by atoms with E-state index in [1.807, 2.05) is 12.4 Å². The number of nitrogens with two attached hydrogens (primary N) is 1. The lowest BCUT2D eigenvalue weighted by molar-refractivity contribution is 0.187.